The third-order valence-corrected chi connectivity index (χ3v) is 20.9. The number of anilines is 2. The summed E-state index contributed by atoms with van der Waals surface area (Å²) in [7, 11) is -6.63. The maximum absolute atomic E-state index is 11.8. The van der Waals surface area contributed by atoms with Gasteiger partial charge >= 0.3 is 18.0 Å². The number of carbonyl (C=O) groups excluding carboxylic acids is 2. The van der Waals surface area contributed by atoms with Crippen molar-refractivity contribution in [1.29, 1.82) is 0 Å². The van der Waals surface area contributed by atoms with E-state index in [0.717, 1.165) is 96.3 Å². The van der Waals surface area contributed by atoms with E-state index < -0.39 is 30.7 Å². The molecule has 5 aromatic carbocycles. The van der Waals surface area contributed by atoms with Gasteiger partial charge in [0.25, 0.3) is 30.8 Å². The van der Waals surface area contributed by atoms with Gasteiger partial charge in [-0.3, -0.25) is 9.11 Å². The number of carbonyl (C=O) groups is 2. The Bertz CT molecular complexity index is 4060. The van der Waals surface area contributed by atoms with Crippen molar-refractivity contribution in [2.45, 2.75) is 121 Å². The van der Waals surface area contributed by atoms with Crippen molar-refractivity contribution in [3.05, 3.63) is 152 Å². The van der Waals surface area contributed by atoms with Crippen LogP contribution in [0.3, 0.4) is 0 Å². The molecule has 4 unspecified atom stereocenters. The van der Waals surface area contributed by atoms with E-state index in [1.807, 2.05) is 108 Å². The number of amides is 4. The molecule has 0 bridgehead atoms. The lowest BCUT2D eigenvalue weighted by molar-refractivity contribution is -0.678. The zero-order valence-electron chi connectivity index (χ0n) is 50.0. The molecule has 5 N–H and O–H groups in total. The Balaban J connectivity index is 0.000000181. The quantitative estimate of drug-likeness (QED) is 0.0376. The van der Waals surface area contributed by atoms with Crippen LogP contribution in [-0.4, -0.2) is 85.9 Å². The van der Waals surface area contributed by atoms with Gasteiger partial charge in [0.1, 0.15) is 17.0 Å². The molecule has 4 amide bonds. The first-order chi connectivity index (χ1) is 41.7. The largest absolute Gasteiger partial charge is 0.439 e. The van der Waals surface area contributed by atoms with Gasteiger partial charge in [-0.05, 0) is 116 Å². The maximum atomic E-state index is 11.8. The van der Waals surface area contributed by atoms with Crippen LogP contribution in [0, 0.1) is 11.8 Å². The summed E-state index contributed by atoms with van der Waals surface area (Å²) in [6.45, 7) is 16.4. The number of benzene rings is 5. The number of aryl methyl sites for hydroxylation is 2. The second kappa shape index (κ2) is 28.2. The van der Waals surface area contributed by atoms with Gasteiger partial charge in [-0.1, -0.05) is 129 Å². The number of fused-ring (bicyclic) bond motifs is 5. The summed E-state index contributed by atoms with van der Waals surface area (Å²) < 4.78 is 83.7. The first-order valence-electron chi connectivity index (χ1n) is 29.0. The third kappa shape index (κ3) is 16.0. The smallest absolute Gasteiger partial charge is 0.374 e. The number of hydrogen-bond acceptors (Lipinski definition) is 12. The summed E-state index contributed by atoms with van der Waals surface area (Å²) >= 11 is 22.3. The highest BCUT2D eigenvalue weighted by atomic mass is 35.5. The molecule has 2 fully saturated rings. The molecule has 0 aliphatic carbocycles. The van der Waals surface area contributed by atoms with Gasteiger partial charge < -0.3 is 39.8 Å². The summed E-state index contributed by atoms with van der Waals surface area (Å²) in [5.74, 6) is 3.16. The maximum Gasteiger partial charge on any atom is 0.374 e. The summed E-state index contributed by atoms with van der Waals surface area (Å²) in [5, 5.41) is 10.0. The van der Waals surface area contributed by atoms with Crippen LogP contribution >= 0.6 is 57.9 Å². The van der Waals surface area contributed by atoms with E-state index in [2.05, 4.69) is 83.1 Å². The average molecular weight is 1340 g/mol. The summed E-state index contributed by atoms with van der Waals surface area (Å²) in [6, 6.07) is 33.0. The monoisotopic (exact) mass is 1330 g/mol. The van der Waals surface area contributed by atoms with Gasteiger partial charge in [-0.2, -0.15) is 26.0 Å². The molecule has 4 atom stereocenters. The third-order valence-electron chi connectivity index (χ3n) is 15.5. The van der Waals surface area contributed by atoms with Gasteiger partial charge in [0.05, 0.1) is 39.1 Å². The lowest BCUT2D eigenvalue weighted by Crippen LogP contribution is -2.40. The number of allylic oxidation sites excluding steroid dienone is 2. The standard InChI is InChI=1S/C34H37ClN2O5S.C24H26Cl2N2O3S3.C5H8N4O2/c1-5-25(19-33-36(17-15-23(2)3)30-22-28(35)12-14-32(30)42-33)20-34-37(18-16-24(4)43(38,39)40)29-21-27(11-13-31(29)41-34)26-9-7-6-8-10-26;1-15(2)8-10-27-19-12-17(25)4-6-21(19)32-23(27)14-24-28(11-9-16(3)34(29,30)31)20-13-18(26)5-7-22(20)33-24;1-9-3-2(7-5(9)11)6-4(10)8-3/h6-14,19-24H,5,15-18H2,1-4H3;4-7,12-16H,8-11H2,1-3H3;2-3H,1H3,(H,7,11)(H2,6,8,10)/p+2. The number of rotatable bonds is 19. The van der Waals surface area contributed by atoms with E-state index in [1.165, 1.54) is 18.7 Å². The van der Waals surface area contributed by atoms with Crippen LogP contribution in [0.4, 0.5) is 21.0 Å². The molecule has 0 spiro atoms. The van der Waals surface area contributed by atoms with Crippen molar-refractivity contribution in [3.63, 3.8) is 0 Å². The Morgan fingerprint density at radius 1 is 0.705 bits per heavy atom. The zero-order valence-corrected chi connectivity index (χ0v) is 55.6. The molecule has 4 aliphatic heterocycles. The molecule has 468 valence electrons. The number of thioether (sulfide) groups is 1. The lowest BCUT2D eigenvalue weighted by atomic mass is 10.1. The second-order valence-electron chi connectivity index (χ2n) is 22.8. The van der Waals surface area contributed by atoms with Gasteiger partial charge in [-0.15, -0.1) is 0 Å². The molecule has 6 heterocycles. The number of halogens is 3. The minimum atomic E-state index is -4.16. The fourth-order valence-corrected chi connectivity index (χ4v) is 13.7. The van der Waals surface area contributed by atoms with Crippen molar-refractivity contribution >= 4 is 135 Å². The summed E-state index contributed by atoms with van der Waals surface area (Å²) in [4.78, 5) is 28.7. The van der Waals surface area contributed by atoms with Gasteiger partial charge in [0, 0.05) is 71.2 Å². The second-order valence-corrected chi connectivity index (χ2v) is 29.9. The predicted molar refractivity (Wildman–Crippen MR) is 353 cm³/mol. The van der Waals surface area contributed by atoms with E-state index in [0.29, 0.717) is 57.9 Å². The number of likely N-dealkylation sites (N-methyl/N-ethyl adjacent to an activating group) is 1. The molecule has 25 heteroatoms. The van der Waals surface area contributed by atoms with Crippen molar-refractivity contribution in [1.82, 2.24) is 20.9 Å². The fraction of sp³-hybridized carbons (Fsp3) is 0.365. The van der Waals surface area contributed by atoms with Crippen LogP contribution in [0.15, 0.2) is 135 Å². The molecular weight excluding hydrogens is 1260 g/mol. The number of nitrogens with zero attached hydrogens (tertiary/aromatic N) is 5. The number of aromatic nitrogens is 2. The highest BCUT2D eigenvalue weighted by Gasteiger charge is 2.43. The molecule has 0 radical (unpaired) electrons. The van der Waals surface area contributed by atoms with E-state index in [9.17, 15) is 35.5 Å². The van der Waals surface area contributed by atoms with Gasteiger partial charge in [0.2, 0.25) is 17.0 Å². The Morgan fingerprint density at radius 3 is 1.98 bits per heavy atom. The zero-order chi connectivity index (χ0) is 63.4. The Hall–Kier alpha value is -6.34. The van der Waals surface area contributed by atoms with Crippen molar-refractivity contribution in [2.24, 2.45) is 11.8 Å². The minimum Gasteiger partial charge on any atom is -0.439 e. The van der Waals surface area contributed by atoms with Crippen LogP contribution in [0.1, 0.15) is 91.5 Å². The topological polar surface area (TPSA) is 219 Å². The summed E-state index contributed by atoms with van der Waals surface area (Å²) in [5.41, 5.74) is 7.60. The van der Waals surface area contributed by atoms with Gasteiger partial charge in [-0.25, -0.2) is 9.59 Å². The van der Waals surface area contributed by atoms with Crippen LogP contribution in [-0.2, 0) is 33.3 Å². The van der Waals surface area contributed by atoms with E-state index in [-0.39, 0.29) is 37.2 Å². The first kappa shape index (κ1) is 66.1. The number of oxazole rings is 1. The number of thiazole rings is 1. The Kier molecular flexibility index (Phi) is 21.2. The van der Waals surface area contributed by atoms with E-state index >= 15 is 0 Å². The SMILES string of the molecule is CC(C)CCN1C(=Cc2sc3ccc(Cl)cc3[n+]2CCC(C)S(=O)(=O)O)Sc2ccc(Cl)cc21.CCC(=C/c1oc2ccc(-c3ccccc3)cc2[n+]1CCC(C)S(=O)(=O)O)/C=C1/Oc2ccc(Cl)cc2N1CCC(C)C.CN1C(=O)NC2NC(=O)NC21. The molecule has 0 saturated carbocycles. The molecule has 7 aromatic rings. The van der Waals surface area contributed by atoms with Crippen LogP contribution in [0.25, 0.3) is 44.6 Å². The molecule has 2 aromatic heterocycles. The van der Waals surface area contributed by atoms with Crippen LogP contribution in [0.5, 0.6) is 5.75 Å². The highest BCUT2D eigenvalue weighted by molar-refractivity contribution is 8.04. The van der Waals surface area contributed by atoms with Crippen LogP contribution in [0.2, 0.25) is 15.1 Å². The first-order valence-corrected chi connectivity index (χ1v) is 34.8. The fourth-order valence-electron chi connectivity index (χ4n) is 10.1. The number of urea groups is 2. The van der Waals surface area contributed by atoms with Crippen LogP contribution < -0.4 is 39.6 Å². The molecule has 2 saturated heterocycles. The Morgan fingerprint density at radius 2 is 1.33 bits per heavy atom. The van der Waals surface area contributed by atoms with Gasteiger partial charge in [0.15, 0.2) is 18.8 Å². The lowest BCUT2D eigenvalue weighted by Gasteiger charge is -2.21. The van der Waals surface area contributed by atoms with E-state index in [1.54, 1.807) is 30.1 Å². The van der Waals surface area contributed by atoms with Crippen molar-refractivity contribution < 1.29 is 53.8 Å². The number of hydrogen-bond donors (Lipinski definition) is 5. The normalized spacial score (nSPS) is 18.0. The van der Waals surface area contributed by atoms with Crippen molar-refractivity contribution in [2.75, 3.05) is 29.9 Å². The van der Waals surface area contributed by atoms with E-state index in [4.69, 9.17) is 44.0 Å². The molecule has 11 rings (SSSR count). The highest BCUT2D eigenvalue weighted by Crippen LogP contribution is 2.48. The predicted octanol–water partition coefficient (Wildman–Crippen LogP) is 14.0. The molecule has 18 nitrogen and oxygen atoms in total. The number of nitrogens with one attached hydrogen (secondary N) is 3. The minimum absolute atomic E-state index is 0.174. The molecule has 88 heavy (non-hydrogen) atoms. The molecule has 4 aliphatic rings. The summed E-state index contributed by atoms with van der Waals surface area (Å²) in [6.07, 6.45) is 8.89. The van der Waals surface area contributed by atoms with Crippen molar-refractivity contribution in [3.8, 4) is 16.9 Å². The number of ether oxygens (including phenoxy) is 1. The Labute approximate surface area is 537 Å². The average Bonchev–Trinajstić information content (AvgIpc) is 1.85. The molecular formula is C63H73Cl3N8O10S4+2.